The number of hydrogen-bond donors (Lipinski definition) is 2. The summed E-state index contributed by atoms with van der Waals surface area (Å²) in [6.45, 7) is 8.70. The van der Waals surface area contributed by atoms with Crippen LogP contribution in [0.5, 0.6) is 0 Å². The van der Waals surface area contributed by atoms with Crippen molar-refractivity contribution in [3.05, 3.63) is 35.4 Å². The molecule has 0 aliphatic carbocycles. The number of amides is 1. The summed E-state index contributed by atoms with van der Waals surface area (Å²) < 4.78 is 4.88. The molecule has 21 heavy (non-hydrogen) atoms. The van der Waals surface area contributed by atoms with Crippen molar-refractivity contribution in [3.8, 4) is 0 Å². The summed E-state index contributed by atoms with van der Waals surface area (Å²) in [7, 11) is 1.53. The Bertz CT molecular complexity index is 441. The summed E-state index contributed by atoms with van der Waals surface area (Å²) in [6, 6.07) is 7.61. The molecule has 1 amide bonds. The van der Waals surface area contributed by atoms with E-state index in [2.05, 4.69) is 38.2 Å². The first-order valence-electron chi connectivity index (χ1n) is 6.91. The molecule has 0 bridgehead atoms. The lowest BCUT2D eigenvalue weighted by atomic mass is 9.86. The van der Waals surface area contributed by atoms with Gasteiger partial charge in [-0.05, 0) is 23.5 Å². The zero-order valence-corrected chi connectivity index (χ0v) is 14.3. The maximum absolute atomic E-state index is 11.8. The predicted octanol–water partition coefficient (Wildman–Crippen LogP) is 2.56. The van der Waals surface area contributed by atoms with E-state index >= 15 is 0 Å². The number of ether oxygens (including phenoxy) is 1. The van der Waals surface area contributed by atoms with Crippen LogP contribution in [0.3, 0.4) is 0 Å². The van der Waals surface area contributed by atoms with Crippen molar-refractivity contribution in [2.45, 2.75) is 45.2 Å². The third-order valence-corrected chi connectivity index (χ3v) is 3.32. The Labute approximate surface area is 133 Å². The van der Waals surface area contributed by atoms with Crippen LogP contribution in [0.2, 0.25) is 0 Å². The Hall–Kier alpha value is -1.10. The van der Waals surface area contributed by atoms with Crippen molar-refractivity contribution in [3.63, 3.8) is 0 Å². The van der Waals surface area contributed by atoms with Crippen LogP contribution in [-0.4, -0.2) is 25.7 Å². The Morgan fingerprint density at radius 2 is 1.81 bits per heavy atom. The lowest BCUT2D eigenvalue weighted by molar-refractivity contribution is -0.124. The summed E-state index contributed by atoms with van der Waals surface area (Å²) in [5, 5.41) is 2.90. The Balaban J connectivity index is 0.00000400. The quantitative estimate of drug-likeness (QED) is 0.878. The van der Waals surface area contributed by atoms with Crippen molar-refractivity contribution in [1.29, 1.82) is 0 Å². The molecule has 0 heterocycles. The summed E-state index contributed by atoms with van der Waals surface area (Å²) in [6.07, 6.45) is 0. The molecule has 5 heteroatoms. The Morgan fingerprint density at radius 1 is 1.29 bits per heavy atom. The van der Waals surface area contributed by atoms with Crippen LogP contribution in [-0.2, 0) is 14.9 Å². The van der Waals surface area contributed by atoms with E-state index in [0.717, 1.165) is 5.56 Å². The molecule has 120 valence electrons. The smallest absolute Gasteiger partial charge is 0.239 e. The lowest BCUT2D eigenvalue weighted by Crippen LogP contribution is -2.44. The van der Waals surface area contributed by atoms with Gasteiger partial charge in [-0.2, -0.15) is 0 Å². The second-order valence-electron chi connectivity index (χ2n) is 6.16. The molecular weight excluding hydrogens is 288 g/mol. The van der Waals surface area contributed by atoms with Gasteiger partial charge < -0.3 is 15.8 Å². The molecule has 1 aromatic rings. The number of nitrogens with one attached hydrogen (secondary N) is 1. The molecule has 0 radical (unpaired) electrons. The van der Waals surface area contributed by atoms with Crippen LogP contribution in [0.15, 0.2) is 24.3 Å². The lowest BCUT2D eigenvalue weighted by Gasteiger charge is -2.21. The highest BCUT2D eigenvalue weighted by molar-refractivity contribution is 5.85. The van der Waals surface area contributed by atoms with E-state index in [1.54, 1.807) is 0 Å². The van der Waals surface area contributed by atoms with Crippen LogP contribution in [0.1, 0.15) is 44.9 Å². The van der Waals surface area contributed by atoms with Crippen LogP contribution in [0, 0.1) is 0 Å². The normalized spacial score (nSPS) is 14.0. The molecule has 1 rings (SSSR count). The van der Waals surface area contributed by atoms with Gasteiger partial charge in [0.25, 0.3) is 0 Å². The number of benzene rings is 1. The highest BCUT2D eigenvalue weighted by atomic mass is 35.5. The number of hydrogen-bond acceptors (Lipinski definition) is 3. The largest absolute Gasteiger partial charge is 0.383 e. The van der Waals surface area contributed by atoms with Gasteiger partial charge in [-0.25, -0.2) is 0 Å². The second-order valence-corrected chi connectivity index (χ2v) is 6.16. The standard InChI is InChI=1S/C16H26N2O2.ClH/c1-11(18-15(19)14(17)10-20-5)12-6-8-13(9-7-12)16(2,3)4;/h6-9,11,14H,10,17H2,1-5H3,(H,18,19);1H. The summed E-state index contributed by atoms with van der Waals surface area (Å²) in [5.41, 5.74) is 8.17. The molecule has 0 saturated heterocycles. The van der Waals surface area contributed by atoms with E-state index in [1.807, 2.05) is 19.1 Å². The van der Waals surface area contributed by atoms with Crippen molar-refractivity contribution < 1.29 is 9.53 Å². The molecule has 0 spiro atoms. The Kier molecular flexibility index (Phi) is 7.93. The molecule has 2 atom stereocenters. The highest BCUT2D eigenvalue weighted by Gasteiger charge is 2.17. The molecule has 0 saturated carbocycles. The van der Waals surface area contributed by atoms with Gasteiger partial charge in [-0.15, -0.1) is 12.4 Å². The molecular formula is C16H27ClN2O2. The maximum atomic E-state index is 11.8. The number of nitrogens with two attached hydrogens (primary N) is 1. The average Bonchev–Trinajstić information content (AvgIpc) is 2.38. The van der Waals surface area contributed by atoms with Crippen LogP contribution in [0.25, 0.3) is 0 Å². The summed E-state index contributed by atoms with van der Waals surface area (Å²) in [4.78, 5) is 11.8. The minimum atomic E-state index is -0.628. The van der Waals surface area contributed by atoms with Gasteiger partial charge in [0.1, 0.15) is 6.04 Å². The highest BCUT2D eigenvalue weighted by Crippen LogP contribution is 2.23. The van der Waals surface area contributed by atoms with Gasteiger partial charge in [0.2, 0.25) is 5.91 Å². The molecule has 0 aliphatic rings. The van der Waals surface area contributed by atoms with E-state index in [-0.39, 0.29) is 36.4 Å². The van der Waals surface area contributed by atoms with E-state index < -0.39 is 6.04 Å². The zero-order valence-electron chi connectivity index (χ0n) is 13.5. The Morgan fingerprint density at radius 3 is 2.24 bits per heavy atom. The van der Waals surface area contributed by atoms with Gasteiger partial charge in [-0.3, -0.25) is 4.79 Å². The molecule has 0 fully saturated rings. The number of carbonyl (C=O) groups is 1. The maximum Gasteiger partial charge on any atom is 0.239 e. The third-order valence-electron chi connectivity index (χ3n) is 3.32. The number of methoxy groups -OCH3 is 1. The van der Waals surface area contributed by atoms with E-state index in [1.165, 1.54) is 12.7 Å². The molecule has 1 aromatic carbocycles. The first-order chi connectivity index (χ1) is 9.25. The van der Waals surface area contributed by atoms with E-state index in [4.69, 9.17) is 10.5 Å². The van der Waals surface area contributed by atoms with Crippen LogP contribution >= 0.6 is 12.4 Å². The molecule has 4 nitrogen and oxygen atoms in total. The average molecular weight is 315 g/mol. The SMILES string of the molecule is COCC(N)C(=O)NC(C)c1ccc(C(C)(C)C)cc1.Cl. The van der Waals surface area contributed by atoms with Gasteiger partial charge in [-0.1, -0.05) is 45.0 Å². The van der Waals surface area contributed by atoms with E-state index in [0.29, 0.717) is 0 Å². The topological polar surface area (TPSA) is 64.3 Å². The molecule has 0 aliphatic heterocycles. The number of rotatable bonds is 5. The number of carbonyl (C=O) groups excluding carboxylic acids is 1. The van der Waals surface area contributed by atoms with Crippen LogP contribution in [0.4, 0.5) is 0 Å². The van der Waals surface area contributed by atoms with Gasteiger partial charge in [0, 0.05) is 7.11 Å². The third kappa shape index (κ3) is 6.04. The molecule has 0 aromatic heterocycles. The first-order valence-corrected chi connectivity index (χ1v) is 6.91. The second kappa shape index (κ2) is 8.37. The fourth-order valence-corrected chi connectivity index (χ4v) is 1.93. The zero-order chi connectivity index (χ0) is 15.3. The van der Waals surface area contributed by atoms with Gasteiger partial charge >= 0.3 is 0 Å². The monoisotopic (exact) mass is 314 g/mol. The van der Waals surface area contributed by atoms with Gasteiger partial charge in [0.15, 0.2) is 0 Å². The fraction of sp³-hybridized carbons (Fsp3) is 0.562. The van der Waals surface area contributed by atoms with Crippen molar-refractivity contribution >= 4 is 18.3 Å². The van der Waals surface area contributed by atoms with Gasteiger partial charge in [0.05, 0.1) is 12.6 Å². The minimum Gasteiger partial charge on any atom is -0.383 e. The van der Waals surface area contributed by atoms with Crippen LogP contribution < -0.4 is 11.1 Å². The van der Waals surface area contributed by atoms with Crippen molar-refractivity contribution in [1.82, 2.24) is 5.32 Å². The number of halogens is 1. The fourth-order valence-electron chi connectivity index (χ4n) is 1.93. The molecule has 3 N–H and O–H groups in total. The molecule has 2 unspecified atom stereocenters. The van der Waals surface area contributed by atoms with Crippen molar-refractivity contribution in [2.24, 2.45) is 5.73 Å². The van der Waals surface area contributed by atoms with Crippen molar-refractivity contribution in [2.75, 3.05) is 13.7 Å². The van der Waals surface area contributed by atoms with E-state index in [9.17, 15) is 4.79 Å². The summed E-state index contributed by atoms with van der Waals surface area (Å²) in [5.74, 6) is -0.195. The predicted molar refractivity (Wildman–Crippen MR) is 88.8 cm³/mol. The summed E-state index contributed by atoms with van der Waals surface area (Å²) >= 11 is 0. The first kappa shape index (κ1) is 19.9. The minimum absolute atomic E-state index is 0.